The van der Waals surface area contributed by atoms with E-state index in [9.17, 15) is 10.1 Å². The summed E-state index contributed by atoms with van der Waals surface area (Å²) in [5.74, 6) is 0.717. The average molecular weight is 351 g/mol. The summed E-state index contributed by atoms with van der Waals surface area (Å²) >= 11 is 3.25. The molecule has 2 N–H and O–H groups in total. The molecule has 0 aliphatic heterocycles. The highest BCUT2D eigenvalue weighted by Gasteiger charge is 2.14. The molecule has 5 nitrogen and oxygen atoms in total. The van der Waals surface area contributed by atoms with Gasteiger partial charge in [-0.2, -0.15) is 0 Å². The summed E-state index contributed by atoms with van der Waals surface area (Å²) in [7, 11) is 0. The summed E-state index contributed by atoms with van der Waals surface area (Å²) in [6, 6.07) is 12.6. The van der Waals surface area contributed by atoms with Gasteiger partial charge in [0.15, 0.2) is 0 Å². The van der Waals surface area contributed by atoms with E-state index in [1.807, 2.05) is 24.3 Å². The van der Waals surface area contributed by atoms with Gasteiger partial charge in [0.25, 0.3) is 5.69 Å². The average Bonchev–Trinajstić information content (AvgIpc) is 2.48. The number of hydrogen-bond acceptors (Lipinski definition) is 4. The minimum absolute atomic E-state index is 0.0365. The molecule has 0 amide bonds. The number of hydrogen-bond donors (Lipinski definition) is 1. The number of nitro groups is 1. The van der Waals surface area contributed by atoms with E-state index in [4.69, 9.17) is 10.5 Å². The number of nitro benzene ring substituents is 1. The van der Waals surface area contributed by atoms with Gasteiger partial charge in [-0.05, 0) is 46.6 Å². The lowest BCUT2D eigenvalue weighted by Crippen LogP contribution is -2.02. The van der Waals surface area contributed by atoms with Crippen molar-refractivity contribution in [3.05, 3.63) is 68.2 Å². The van der Waals surface area contributed by atoms with Gasteiger partial charge in [-0.3, -0.25) is 10.1 Å². The van der Waals surface area contributed by atoms with E-state index in [0.29, 0.717) is 16.8 Å². The fourth-order valence-corrected chi connectivity index (χ4v) is 2.42. The molecule has 0 spiro atoms. The molecule has 0 bridgehead atoms. The predicted octanol–water partition coefficient (Wildman–Crippen LogP) is 3.44. The van der Waals surface area contributed by atoms with Crippen molar-refractivity contribution in [2.75, 3.05) is 6.54 Å². The summed E-state index contributed by atoms with van der Waals surface area (Å²) in [4.78, 5) is 10.5. The third-order valence-corrected chi connectivity index (χ3v) is 3.92. The summed E-state index contributed by atoms with van der Waals surface area (Å²) in [6.45, 7) is 0.874. The van der Waals surface area contributed by atoms with E-state index in [2.05, 4.69) is 15.9 Å². The highest BCUT2D eigenvalue weighted by molar-refractivity contribution is 9.10. The number of ether oxygens (including phenoxy) is 1. The SMILES string of the molecule is NCCc1ccc(OCc2cccc([N+](=O)[O-])c2Br)cc1. The van der Waals surface area contributed by atoms with Gasteiger partial charge in [0.2, 0.25) is 0 Å². The van der Waals surface area contributed by atoms with Crippen LogP contribution in [0.15, 0.2) is 46.9 Å². The number of rotatable bonds is 6. The molecule has 2 aromatic carbocycles. The maximum absolute atomic E-state index is 10.9. The van der Waals surface area contributed by atoms with Gasteiger partial charge >= 0.3 is 0 Å². The molecule has 0 saturated heterocycles. The largest absolute Gasteiger partial charge is 0.489 e. The standard InChI is InChI=1S/C15H15BrN2O3/c16-15-12(2-1-3-14(15)18(19)20)10-21-13-6-4-11(5-7-13)8-9-17/h1-7H,8-10,17H2. The van der Waals surface area contributed by atoms with Crippen molar-refractivity contribution < 1.29 is 9.66 Å². The van der Waals surface area contributed by atoms with Gasteiger partial charge in [-0.1, -0.05) is 24.3 Å². The Hall–Kier alpha value is -1.92. The first-order valence-corrected chi connectivity index (χ1v) is 7.24. The maximum atomic E-state index is 10.9. The van der Waals surface area contributed by atoms with E-state index >= 15 is 0 Å². The second kappa shape index (κ2) is 7.19. The third-order valence-electron chi connectivity index (χ3n) is 3.01. The first-order chi connectivity index (χ1) is 10.1. The highest BCUT2D eigenvalue weighted by Crippen LogP contribution is 2.29. The lowest BCUT2D eigenvalue weighted by atomic mass is 10.1. The van der Waals surface area contributed by atoms with Crippen LogP contribution in [0.4, 0.5) is 5.69 Å². The van der Waals surface area contributed by atoms with Crippen molar-refractivity contribution in [1.29, 1.82) is 0 Å². The molecule has 0 aromatic heterocycles. The van der Waals surface area contributed by atoms with Crippen LogP contribution in [0.25, 0.3) is 0 Å². The third kappa shape index (κ3) is 4.03. The van der Waals surface area contributed by atoms with E-state index in [1.165, 1.54) is 6.07 Å². The van der Waals surface area contributed by atoms with Gasteiger partial charge in [0, 0.05) is 11.6 Å². The van der Waals surface area contributed by atoms with Crippen molar-refractivity contribution in [3.63, 3.8) is 0 Å². The molecule has 0 fully saturated rings. The molecule has 2 aromatic rings. The molecular formula is C15H15BrN2O3. The number of benzene rings is 2. The Morgan fingerprint density at radius 3 is 2.52 bits per heavy atom. The first kappa shape index (κ1) is 15.5. The van der Waals surface area contributed by atoms with Crippen molar-refractivity contribution in [2.45, 2.75) is 13.0 Å². The number of nitrogens with zero attached hydrogens (tertiary/aromatic N) is 1. The van der Waals surface area contributed by atoms with Gasteiger partial charge < -0.3 is 10.5 Å². The fraction of sp³-hybridized carbons (Fsp3) is 0.200. The van der Waals surface area contributed by atoms with Gasteiger partial charge in [0.1, 0.15) is 16.8 Å². The summed E-state index contributed by atoms with van der Waals surface area (Å²) in [5, 5.41) is 10.9. The number of nitrogens with two attached hydrogens (primary N) is 1. The fourth-order valence-electron chi connectivity index (χ4n) is 1.90. The molecule has 21 heavy (non-hydrogen) atoms. The second-order valence-corrected chi connectivity index (χ2v) is 5.27. The predicted molar refractivity (Wildman–Crippen MR) is 84.3 cm³/mol. The molecule has 110 valence electrons. The van der Waals surface area contributed by atoms with Crippen molar-refractivity contribution >= 4 is 21.6 Å². The topological polar surface area (TPSA) is 78.4 Å². The Morgan fingerprint density at radius 2 is 1.90 bits per heavy atom. The van der Waals surface area contributed by atoms with Gasteiger partial charge in [-0.15, -0.1) is 0 Å². The zero-order valence-electron chi connectivity index (χ0n) is 11.3. The van der Waals surface area contributed by atoms with Gasteiger partial charge in [-0.25, -0.2) is 0 Å². The van der Waals surface area contributed by atoms with Gasteiger partial charge in [0.05, 0.1) is 4.92 Å². The van der Waals surface area contributed by atoms with Crippen LogP contribution in [0.5, 0.6) is 5.75 Å². The van der Waals surface area contributed by atoms with Crippen molar-refractivity contribution in [2.24, 2.45) is 5.73 Å². The zero-order chi connectivity index (χ0) is 15.2. The number of halogens is 1. The molecule has 0 heterocycles. The van der Waals surface area contributed by atoms with Crippen LogP contribution in [0.1, 0.15) is 11.1 Å². The lowest BCUT2D eigenvalue weighted by molar-refractivity contribution is -0.385. The monoisotopic (exact) mass is 350 g/mol. The molecule has 0 saturated carbocycles. The Labute approximate surface area is 131 Å². The summed E-state index contributed by atoms with van der Waals surface area (Å²) in [6.07, 6.45) is 0.830. The molecule has 0 radical (unpaired) electrons. The van der Waals surface area contributed by atoms with Crippen LogP contribution in [0.2, 0.25) is 0 Å². The van der Waals surface area contributed by atoms with E-state index in [1.54, 1.807) is 12.1 Å². The van der Waals surface area contributed by atoms with E-state index in [0.717, 1.165) is 17.5 Å². The first-order valence-electron chi connectivity index (χ1n) is 6.45. The van der Waals surface area contributed by atoms with Crippen molar-refractivity contribution in [3.8, 4) is 5.75 Å². The smallest absolute Gasteiger partial charge is 0.283 e. The normalized spacial score (nSPS) is 10.4. The van der Waals surface area contributed by atoms with E-state index < -0.39 is 4.92 Å². The Kier molecular flexibility index (Phi) is 5.30. The minimum atomic E-state index is -0.421. The summed E-state index contributed by atoms with van der Waals surface area (Å²) < 4.78 is 6.11. The molecule has 2 rings (SSSR count). The van der Waals surface area contributed by atoms with Crippen LogP contribution in [0, 0.1) is 10.1 Å². The Bertz CT molecular complexity index is 629. The molecule has 0 aliphatic carbocycles. The molecule has 0 aliphatic rings. The van der Waals surface area contributed by atoms with Crippen molar-refractivity contribution in [1.82, 2.24) is 0 Å². The highest BCUT2D eigenvalue weighted by atomic mass is 79.9. The quantitative estimate of drug-likeness (QED) is 0.639. The van der Waals surface area contributed by atoms with Crippen LogP contribution in [0.3, 0.4) is 0 Å². The van der Waals surface area contributed by atoms with E-state index in [-0.39, 0.29) is 12.3 Å². The summed E-state index contributed by atoms with van der Waals surface area (Å²) in [5.41, 5.74) is 7.42. The lowest BCUT2D eigenvalue weighted by Gasteiger charge is -2.09. The van der Waals surface area contributed by atoms with Crippen LogP contribution < -0.4 is 10.5 Å². The van der Waals surface area contributed by atoms with Crippen LogP contribution in [-0.2, 0) is 13.0 Å². The molecular weight excluding hydrogens is 336 g/mol. The zero-order valence-corrected chi connectivity index (χ0v) is 12.9. The Morgan fingerprint density at radius 1 is 1.19 bits per heavy atom. The molecule has 6 heteroatoms. The molecule has 0 unspecified atom stereocenters. The molecule has 0 atom stereocenters. The maximum Gasteiger partial charge on any atom is 0.283 e. The van der Waals surface area contributed by atoms with Crippen LogP contribution >= 0.6 is 15.9 Å². The minimum Gasteiger partial charge on any atom is -0.489 e. The van der Waals surface area contributed by atoms with Crippen LogP contribution in [-0.4, -0.2) is 11.5 Å². The second-order valence-electron chi connectivity index (χ2n) is 4.48. The Balaban J connectivity index is 2.06.